The van der Waals surface area contributed by atoms with E-state index in [2.05, 4.69) is 15.5 Å². The fraction of sp³-hybridized carbons (Fsp3) is 0.250. The maximum Gasteiger partial charge on any atom is 0.251 e. The molecule has 2 N–H and O–H groups in total. The Morgan fingerprint density at radius 2 is 2.07 bits per heavy atom. The number of amides is 1. The van der Waals surface area contributed by atoms with Gasteiger partial charge in [0.15, 0.2) is 0 Å². The molecule has 1 amide bonds. The Kier molecular flexibility index (Phi) is 5.49. The van der Waals surface area contributed by atoms with Crippen LogP contribution < -0.4 is 5.32 Å². The molecular weight excluding hydrogens is 347 g/mol. The molecule has 0 unspecified atom stereocenters. The van der Waals surface area contributed by atoms with E-state index in [1.807, 2.05) is 18.4 Å². The minimum atomic E-state index is -0.452. The first kappa shape index (κ1) is 18.6. The van der Waals surface area contributed by atoms with Crippen molar-refractivity contribution in [1.82, 2.24) is 20.1 Å². The summed E-state index contributed by atoms with van der Waals surface area (Å²) in [6.07, 6.45) is 2.24. The third-order valence-corrected chi connectivity index (χ3v) is 4.23. The molecule has 0 bridgehead atoms. The number of nitrogens with zero attached hydrogens (tertiary/aromatic N) is 3. The molecule has 0 atom stereocenters. The number of carbonyl (C=O) groups is 1. The number of aromatic hydroxyl groups is 1. The number of carbonyl (C=O) groups excluding carboxylic acids is 1. The van der Waals surface area contributed by atoms with E-state index in [1.165, 1.54) is 18.2 Å². The summed E-state index contributed by atoms with van der Waals surface area (Å²) < 4.78 is 15.4. The second-order valence-electron chi connectivity index (χ2n) is 6.50. The first-order valence-electron chi connectivity index (χ1n) is 8.71. The van der Waals surface area contributed by atoms with Gasteiger partial charge < -0.3 is 15.0 Å². The Morgan fingerprint density at radius 1 is 1.26 bits per heavy atom. The van der Waals surface area contributed by atoms with Crippen LogP contribution in [0.3, 0.4) is 0 Å². The van der Waals surface area contributed by atoms with Crippen molar-refractivity contribution in [3.63, 3.8) is 0 Å². The molecule has 1 aromatic heterocycles. The number of halogens is 1. The zero-order valence-corrected chi connectivity index (χ0v) is 15.2. The third kappa shape index (κ3) is 4.31. The van der Waals surface area contributed by atoms with Crippen molar-refractivity contribution in [2.24, 2.45) is 0 Å². The van der Waals surface area contributed by atoms with Crippen LogP contribution >= 0.6 is 0 Å². The van der Waals surface area contributed by atoms with Crippen LogP contribution in [-0.4, -0.2) is 32.3 Å². The highest BCUT2D eigenvalue weighted by Gasteiger charge is 2.11. The van der Waals surface area contributed by atoms with E-state index < -0.39 is 5.82 Å². The summed E-state index contributed by atoms with van der Waals surface area (Å²) in [5, 5.41) is 20.8. The summed E-state index contributed by atoms with van der Waals surface area (Å²) in [5.74, 6) is 0.0704. The summed E-state index contributed by atoms with van der Waals surface area (Å²) in [4.78, 5) is 12.4. The van der Waals surface area contributed by atoms with Crippen LogP contribution in [0.1, 0.15) is 36.1 Å². The van der Waals surface area contributed by atoms with Crippen molar-refractivity contribution in [3.8, 4) is 16.9 Å². The molecule has 0 aliphatic rings. The maximum absolute atomic E-state index is 13.5. The Labute approximate surface area is 156 Å². The van der Waals surface area contributed by atoms with Crippen LogP contribution in [0.2, 0.25) is 0 Å². The zero-order valence-electron chi connectivity index (χ0n) is 15.2. The van der Waals surface area contributed by atoms with E-state index in [4.69, 9.17) is 0 Å². The predicted octanol–water partition coefficient (Wildman–Crippen LogP) is 3.34. The maximum atomic E-state index is 13.5. The second kappa shape index (κ2) is 7.99. The highest BCUT2D eigenvalue weighted by atomic mass is 19.1. The highest BCUT2D eigenvalue weighted by molar-refractivity contribution is 5.95. The fourth-order valence-corrected chi connectivity index (χ4v) is 2.83. The van der Waals surface area contributed by atoms with Crippen LogP contribution in [-0.2, 0) is 6.42 Å². The zero-order chi connectivity index (χ0) is 19.4. The lowest BCUT2D eigenvalue weighted by molar-refractivity contribution is 0.0954. The molecule has 3 aromatic rings. The number of hydrogen-bond acceptors (Lipinski definition) is 4. The van der Waals surface area contributed by atoms with Gasteiger partial charge in [0.05, 0.1) is 0 Å². The minimum absolute atomic E-state index is 0.0398. The van der Waals surface area contributed by atoms with Gasteiger partial charge in [0.1, 0.15) is 23.7 Å². The van der Waals surface area contributed by atoms with Gasteiger partial charge in [-0.3, -0.25) is 4.79 Å². The average molecular weight is 368 g/mol. The van der Waals surface area contributed by atoms with Gasteiger partial charge in [-0.2, -0.15) is 0 Å². The monoisotopic (exact) mass is 368 g/mol. The van der Waals surface area contributed by atoms with Crippen molar-refractivity contribution in [2.75, 3.05) is 6.54 Å². The quantitative estimate of drug-likeness (QED) is 0.699. The van der Waals surface area contributed by atoms with Crippen molar-refractivity contribution < 1.29 is 14.3 Å². The van der Waals surface area contributed by atoms with Gasteiger partial charge in [-0.15, -0.1) is 10.2 Å². The Bertz CT molecular complexity index is 953. The number of phenolic OH excluding ortho intramolecular Hbond substituents is 1. The molecule has 6 nitrogen and oxygen atoms in total. The lowest BCUT2D eigenvalue weighted by Gasteiger charge is -2.11. The number of phenols is 1. The summed E-state index contributed by atoms with van der Waals surface area (Å²) in [6.45, 7) is 4.50. The standard InChI is InChI=1S/C20H21FN4O2/c1-13(2)25-12-23-24-19(25)8-9-22-20(27)15-5-3-4-14(10-15)17-11-16(21)6-7-18(17)26/h3-7,10-13,26H,8-9H2,1-2H3,(H,22,27). The predicted molar refractivity (Wildman–Crippen MR) is 99.9 cm³/mol. The van der Waals surface area contributed by atoms with E-state index in [0.717, 1.165) is 5.82 Å². The van der Waals surface area contributed by atoms with Crippen molar-refractivity contribution in [3.05, 3.63) is 66.0 Å². The lowest BCUT2D eigenvalue weighted by Crippen LogP contribution is -2.26. The molecule has 3 rings (SSSR count). The van der Waals surface area contributed by atoms with E-state index in [-0.39, 0.29) is 17.7 Å². The molecule has 2 aromatic carbocycles. The summed E-state index contributed by atoms with van der Waals surface area (Å²) >= 11 is 0. The van der Waals surface area contributed by atoms with Gasteiger partial charge in [-0.25, -0.2) is 4.39 Å². The van der Waals surface area contributed by atoms with Crippen LogP contribution in [0.25, 0.3) is 11.1 Å². The number of rotatable bonds is 6. The molecule has 0 aliphatic carbocycles. The molecule has 0 saturated carbocycles. The van der Waals surface area contributed by atoms with Crippen LogP contribution in [0, 0.1) is 5.82 Å². The highest BCUT2D eigenvalue weighted by Crippen LogP contribution is 2.30. The van der Waals surface area contributed by atoms with Gasteiger partial charge in [0.2, 0.25) is 0 Å². The SMILES string of the molecule is CC(C)n1cnnc1CCNC(=O)c1cccc(-c2cc(F)ccc2O)c1. The molecule has 140 valence electrons. The van der Waals surface area contributed by atoms with E-state index in [1.54, 1.807) is 30.6 Å². The largest absolute Gasteiger partial charge is 0.507 e. The topological polar surface area (TPSA) is 80.0 Å². The third-order valence-electron chi connectivity index (χ3n) is 4.23. The summed E-state index contributed by atoms with van der Waals surface area (Å²) in [5.41, 5.74) is 1.34. The van der Waals surface area contributed by atoms with Gasteiger partial charge >= 0.3 is 0 Å². The number of nitrogens with one attached hydrogen (secondary N) is 1. The van der Waals surface area contributed by atoms with E-state index in [0.29, 0.717) is 29.7 Å². The summed E-state index contributed by atoms with van der Waals surface area (Å²) in [6, 6.07) is 10.7. The molecule has 0 radical (unpaired) electrons. The van der Waals surface area contributed by atoms with Crippen LogP contribution in [0.5, 0.6) is 5.75 Å². The van der Waals surface area contributed by atoms with Crippen molar-refractivity contribution in [1.29, 1.82) is 0 Å². The first-order chi connectivity index (χ1) is 13.0. The average Bonchev–Trinajstić information content (AvgIpc) is 3.12. The number of hydrogen-bond donors (Lipinski definition) is 2. The second-order valence-corrected chi connectivity index (χ2v) is 6.50. The first-order valence-corrected chi connectivity index (χ1v) is 8.71. The molecule has 0 aliphatic heterocycles. The van der Waals surface area contributed by atoms with Crippen LogP contribution in [0.15, 0.2) is 48.8 Å². The molecule has 0 spiro atoms. The Morgan fingerprint density at radius 3 is 2.85 bits per heavy atom. The van der Waals surface area contributed by atoms with Crippen molar-refractivity contribution in [2.45, 2.75) is 26.3 Å². The Hall–Kier alpha value is -3.22. The molecule has 0 saturated heterocycles. The minimum Gasteiger partial charge on any atom is -0.507 e. The smallest absolute Gasteiger partial charge is 0.251 e. The van der Waals surface area contributed by atoms with Gasteiger partial charge in [0.25, 0.3) is 5.91 Å². The van der Waals surface area contributed by atoms with E-state index >= 15 is 0 Å². The van der Waals surface area contributed by atoms with Crippen molar-refractivity contribution >= 4 is 5.91 Å². The Balaban J connectivity index is 1.69. The number of benzene rings is 2. The molecule has 27 heavy (non-hydrogen) atoms. The lowest BCUT2D eigenvalue weighted by atomic mass is 10.0. The molecular formula is C20H21FN4O2. The summed E-state index contributed by atoms with van der Waals surface area (Å²) in [7, 11) is 0. The fourth-order valence-electron chi connectivity index (χ4n) is 2.83. The normalized spacial score (nSPS) is 11.0. The number of aromatic nitrogens is 3. The molecule has 0 fully saturated rings. The van der Waals surface area contributed by atoms with Crippen LogP contribution in [0.4, 0.5) is 4.39 Å². The molecule has 1 heterocycles. The van der Waals surface area contributed by atoms with Gasteiger partial charge in [-0.1, -0.05) is 12.1 Å². The van der Waals surface area contributed by atoms with E-state index in [9.17, 15) is 14.3 Å². The van der Waals surface area contributed by atoms with Gasteiger partial charge in [-0.05, 0) is 49.7 Å². The van der Waals surface area contributed by atoms with Gasteiger partial charge in [0, 0.05) is 30.1 Å². The molecule has 7 heteroatoms.